The Morgan fingerprint density at radius 1 is 1.15 bits per heavy atom. The molecule has 34 heavy (non-hydrogen) atoms. The van der Waals surface area contributed by atoms with Crippen LogP contribution in [0.25, 0.3) is 27.8 Å². The number of likely N-dealkylation sites (N-methyl/N-ethyl adjacent to an activating group) is 1. The molecule has 0 radical (unpaired) electrons. The molecule has 0 bridgehead atoms. The Kier molecular flexibility index (Phi) is 5.70. The highest BCUT2D eigenvalue weighted by atomic mass is 19.1. The Hall–Kier alpha value is -3.85. The Labute approximate surface area is 195 Å². The Morgan fingerprint density at radius 3 is 2.71 bits per heavy atom. The van der Waals surface area contributed by atoms with Crippen LogP contribution in [-0.2, 0) is 0 Å². The van der Waals surface area contributed by atoms with Crippen molar-refractivity contribution in [2.24, 2.45) is 0 Å². The molecule has 1 aliphatic heterocycles. The van der Waals surface area contributed by atoms with E-state index in [2.05, 4.69) is 20.2 Å². The summed E-state index contributed by atoms with van der Waals surface area (Å²) in [7, 11) is 4.09. The third kappa shape index (κ3) is 4.22. The number of hydrogen-bond acceptors (Lipinski definition) is 5. The van der Waals surface area contributed by atoms with E-state index in [0.29, 0.717) is 33.8 Å². The summed E-state index contributed by atoms with van der Waals surface area (Å²) in [6.07, 6.45) is 3.75. The molecule has 3 heterocycles. The number of H-pyrrole nitrogens is 1. The van der Waals surface area contributed by atoms with Crippen LogP contribution in [0.2, 0.25) is 0 Å². The number of carbonyl (C=O) groups excluding carboxylic acids is 1. The number of rotatable bonds is 4. The number of nitrogens with zero attached hydrogens (tertiary/aromatic N) is 5. The lowest BCUT2D eigenvalue weighted by atomic mass is 10.0. The van der Waals surface area contributed by atoms with Gasteiger partial charge in [-0.25, -0.2) is 9.07 Å². The fraction of sp³-hybridized carbons (Fsp3) is 0.280. The maximum Gasteiger partial charge on any atom is 0.258 e. The summed E-state index contributed by atoms with van der Waals surface area (Å²) in [6, 6.07) is 13.5. The largest absolute Gasteiger partial charge is 0.337 e. The van der Waals surface area contributed by atoms with Crippen LogP contribution >= 0.6 is 0 Å². The highest BCUT2D eigenvalue weighted by Gasteiger charge is 2.25. The van der Waals surface area contributed by atoms with Gasteiger partial charge < -0.3 is 14.8 Å². The molecule has 2 aromatic carbocycles. The zero-order valence-electron chi connectivity index (χ0n) is 19.0. The van der Waals surface area contributed by atoms with Crippen molar-refractivity contribution >= 4 is 16.8 Å². The summed E-state index contributed by atoms with van der Waals surface area (Å²) in [5.41, 5.74) is 2.14. The molecule has 1 amide bonds. The molecule has 1 saturated heterocycles. The number of carbonyl (C=O) groups is 1. The molecule has 5 rings (SSSR count). The predicted octanol–water partition coefficient (Wildman–Crippen LogP) is 3.08. The van der Waals surface area contributed by atoms with Crippen LogP contribution in [0.4, 0.5) is 4.39 Å². The number of likely N-dealkylation sites (tertiary alicyclic amines) is 1. The molecule has 1 aliphatic rings. The van der Waals surface area contributed by atoms with Crippen LogP contribution in [0.1, 0.15) is 23.2 Å². The zero-order valence-corrected chi connectivity index (χ0v) is 19.0. The number of amides is 1. The van der Waals surface area contributed by atoms with Gasteiger partial charge in [0.1, 0.15) is 11.5 Å². The van der Waals surface area contributed by atoms with E-state index in [1.807, 2.05) is 31.1 Å². The highest BCUT2D eigenvalue weighted by Crippen LogP contribution is 2.21. The maximum absolute atomic E-state index is 13.4. The van der Waals surface area contributed by atoms with E-state index >= 15 is 0 Å². The molecular weight excluding hydrogens is 435 g/mol. The predicted molar refractivity (Wildman–Crippen MR) is 127 cm³/mol. The first-order chi connectivity index (χ1) is 16.4. The van der Waals surface area contributed by atoms with Crippen molar-refractivity contribution in [1.82, 2.24) is 29.8 Å². The van der Waals surface area contributed by atoms with Gasteiger partial charge in [0.15, 0.2) is 0 Å². The van der Waals surface area contributed by atoms with E-state index in [1.54, 1.807) is 35.1 Å². The van der Waals surface area contributed by atoms with Crippen LogP contribution in [0.3, 0.4) is 0 Å². The lowest BCUT2D eigenvalue weighted by molar-refractivity contribution is 0.0635. The van der Waals surface area contributed by atoms with Crippen molar-refractivity contribution in [3.63, 3.8) is 0 Å². The number of aromatic amines is 1. The number of fused-ring (bicyclic) bond motifs is 1. The second-order valence-corrected chi connectivity index (χ2v) is 8.85. The monoisotopic (exact) mass is 460 g/mol. The smallest absolute Gasteiger partial charge is 0.258 e. The van der Waals surface area contributed by atoms with E-state index in [1.165, 1.54) is 12.1 Å². The third-order valence-corrected chi connectivity index (χ3v) is 6.37. The Morgan fingerprint density at radius 2 is 1.94 bits per heavy atom. The van der Waals surface area contributed by atoms with Gasteiger partial charge in [-0.3, -0.25) is 9.59 Å². The lowest BCUT2D eigenvalue weighted by Gasteiger charge is -2.36. The number of benzene rings is 2. The molecule has 1 atom stereocenters. The average Bonchev–Trinajstić information content (AvgIpc) is 3.33. The molecule has 2 aromatic heterocycles. The van der Waals surface area contributed by atoms with Crippen LogP contribution in [0.15, 0.2) is 59.5 Å². The molecule has 0 spiro atoms. The molecule has 9 heteroatoms. The van der Waals surface area contributed by atoms with Crippen molar-refractivity contribution in [3.8, 4) is 16.9 Å². The summed E-state index contributed by atoms with van der Waals surface area (Å²) in [5.74, 6) is -0.391. The number of pyridine rings is 1. The number of nitrogens with one attached hydrogen (secondary N) is 1. The zero-order chi connectivity index (χ0) is 23.8. The minimum Gasteiger partial charge on any atom is -0.337 e. The van der Waals surface area contributed by atoms with Gasteiger partial charge in [-0.05, 0) is 80.9 Å². The fourth-order valence-electron chi connectivity index (χ4n) is 4.38. The molecule has 1 N–H and O–H groups in total. The second-order valence-electron chi connectivity index (χ2n) is 8.85. The molecule has 174 valence electrons. The van der Waals surface area contributed by atoms with Crippen LogP contribution in [0.5, 0.6) is 0 Å². The summed E-state index contributed by atoms with van der Waals surface area (Å²) < 4.78 is 15.0. The van der Waals surface area contributed by atoms with E-state index in [-0.39, 0.29) is 11.5 Å². The molecule has 1 fully saturated rings. The van der Waals surface area contributed by atoms with E-state index in [0.717, 1.165) is 31.6 Å². The summed E-state index contributed by atoms with van der Waals surface area (Å²) in [5, 5.41) is 8.98. The Bertz CT molecular complexity index is 1410. The SMILES string of the molecule is CN(C)[C@@H]1CCCN(C(=O)c2ccc(-n3cc(-c4cc5ccc(F)cc5[nH]c4=O)nn3)cc2)C1. The maximum atomic E-state index is 13.4. The number of piperidine rings is 1. The summed E-state index contributed by atoms with van der Waals surface area (Å²) >= 11 is 0. The van der Waals surface area contributed by atoms with Crippen molar-refractivity contribution in [1.29, 1.82) is 0 Å². The minimum atomic E-state index is -0.415. The first-order valence-electron chi connectivity index (χ1n) is 11.2. The first kappa shape index (κ1) is 22.0. The highest BCUT2D eigenvalue weighted by molar-refractivity contribution is 5.94. The van der Waals surface area contributed by atoms with E-state index in [4.69, 9.17) is 0 Å². The molecular formula is C25H25FN6O2. The number of aromatic nitrogens is 4. The fourth-order valence-corrected chi connectivity index (χ4v) is 4.38. The number of halogens is 1. The van der Waals surface area contributed by atoms with E-state index in [9.17, 15) is 14.0 Å². The normalized spacial score (nSPS) is 16.4. The van der Waals surface area contributed by atoms with Crippen LogP contribution in [0, 0.1) is 5.82 Å². The molecule has 0 unspecified atom stereocenters. The summed E-state index contributed by atoms with van der Waals surface area (Å²) in [6.45, 7) is 1.50. The quantitative estimate of drug-likeness (QED) is 0.506. The van der Waals surface area contributed by atoms with Crippen molar-refractivity contribution < 1.29 is 9.18 Å². The van der Waals surface area contributed by atoms with Crippen LogP contribution < -0.4 is 5.56 Å². The number of hydrogen-bond donors (Lipinski definition) is 1. The van der Waals surface area contributed by atoms with Gasteiger partial charge in [0.25, 0.3) is 11.5 Å². The Balaban J connectivity index is 1.36. The molecule has 8 nitrogen and oxygen atoms in total. The van der Waals surface area contributed by atoms with Crippen molar-refractivity contribution in [2.75, 3.05) is 27.2 Å². The van der Waals surface area contributed by atoms with E-state index < -0.39 is 5.82 Å². The molecule has 4 aromatic rings. The standard InChI is InChI=1S/C25H25FN6O2/c1-30(2)20-4-3-11-31(14-20)25(34)16-6-9-19(10-7-16)32-15-23(28-29-32)21-12-17-5-8-18(26)13-22(17)27-24(21)33/h5-10,12-13,15,20H,3-4,11,14H2,1-2H3,(H,27,33)/t20-/m1/s1. The van der Waals surface area contributed by atoms with Crippen molar-refractivity contribution in [2.45, 2.75) is 18.9 Å². The molecule has 0 saturated carbocycles. The van der Waals surface area contributed by atoms with Gasteiger partial charge in [0.05, 0.1) is 23.0 Å². The van der Waals surface area contributed by atoms with Gasteiger partial charge in [-0.2, -0.15) is 0 Å². The topological polar surface area (TPSA) is 87.1 Å². The van der Waals surface area contributed by atoms with Gasteiger partial charge in [0, 0.05) is 24.7 Å². The minimum absolute atomic E-state index is 0.0245. The summed E-state index contributed by atoms with van der Waals surface area (Å²) in [4.78, 5) is 32.3. The van der Waals surface area contributed by atoms with Gasteiger partial charge >= 0.3 is 0 Å². The van der Waals surface area contributed by atoms with Gasteiger partial charge in [-0.1, -0.05) is 5.21 Å². The third-order valence-electron chi connectivity index (χ3n) is 6.37. The lowest BCUT2D eigenvalue weighted by Crippen LogP contribution is -2.47. The van der Waals surface area contributed by atoms with Crippen molar-refractivity contribution in [3.05, 3.63) is 76.5 Å². The van der Waals surface area contributed by atoms with Gasteiger partial charge in [-0.15, -0.1) is 5.10 Å². The second kappa shape index (κ2) is 8.83. The molecule has 0 aliphatic carbocycles. The van der Waals surface area contributed by atoms with Crippen LogP contribution in [-0.4, -0.2) is 68.9 Å². The van der Waals surface area contributed by atoms with Gasteiger partial charge in [0.2, 0.25) is 0 Å². The first-order valence-corrected chi connectivity index (χ1v) is 11.2. The average molecular weight is 461 g/mol.